The molecule has 33 heavy (non-hydrogen) atoms. The van der Waals surface area contributed by atoms with Gasteiger partial charge in [-0.1, -0.05) is 0 Å². The van der Waals surface area contributed by atoms with E-state index in [0.29, 0.717) is 11.3 Å². The average molecular weight is 446 g/mol. The first-order chi connectivity index (χ1) is 16.0. The van der Waals surface area contributed by atoms with Crippen LogP contribution in [-0.2, 0) is 11.3 Å². The van der Waals surface area contributed by atoms with Crippen LogP contribution in [0.5, 0.6) is 0 Å². The number of amides is 1. The number of benzene rings is 3. The van der Waals surface area contributed by atoms with Crippen LogP contribution in [-0.4, -0.2) is 36.9 Å². The number of fused-ring (bicyclic) bond motifs is 2. The molecule has 0 aliphatic rings. The summed E-state index contributed by atoms with van der Waals surface area (Å²) in [5.74, 6) is 0. The van der Waals surface area contributed by atoms with E-state index < -0.39 is 6.09 Å². The fraction of sp³-hybridized carbons (Fsp3) is 0.200. The van der Waals surface area contributed by atoms with Gasteiger partial charge in [0.1, 0.15) is 0 Å². The van der Waals surface area contributed by atoms with E-state index in [-0.39, 0.29) is 13.2 Å². The van der Waals surface area contributed by atoms with Gasteiger partial charge in [-0.15, -0.1) is 0 Å². The molecule has 0 radical (unpaired) electrons. The van der Waals surface area contributed by atoms with Crippen molar-refractivity contribution >= 4 is 56.3 Å². The summed E-state index contributed by atoms with van der Waals surface area (Å²) < 4.78 is 4.98. The van der Waals surface area contributed by atoms with Gasteiger partial charge in [0.2, 0.25) is 0 Å². The number of nitrogens with zero attached hydrogens (tertiary/aromatic N) is 1. The summed E-state index contributed by atoms with van der Waals surface area (Å²) in [6, 6.07) is 17.4. The molecule has 0 spiro atoms. The number of anilines is 5. The van der Waals surface area contributed by atoms with E-state index in [1.165, 1.54) is 0 Å². The van der Waals surface area contributed by atoms with Gasteiger partial charge in [0, 0.05) is 47.6 Å². The van der Waals surface area contributed by atoms with Crippen LogP contribution in [0, 0.1) is 0 Å². The van der Waals surface area contributed by atoms with Crippen molar-refractivity contribution in [3.8, 4) is 0 Å². The molecule has 8 heteroatoms. The fourth-order valence-corrected chi connectivity index (χ4v) is 3.75. The number of carbonyl (C=O) groups is 1. The predicted octanol–water partition coefficient (Wildman–Crippen LogP) is 5.28. The lowest BCUT2D eigenvalue weighted by Crippen LogP contribution is -2.13. The fourth-order valence-electron chi connectivity index (χ4n) is 3.75. The Labute approximate surface area is 192 Å². The molecule has 3 aromatic carbocycles. The molecule has 1 amide bonds. The average Bonchev–Trinajstić information content (AvgIpc) is 2.82. The maximum atomic E-state index is 11.9. The number of ether oxygens (including phenoxy) is 1. The molecule has 0 bridgehead atoms. The SMILES string of the molecule is CCOC(=O)Nc1cc(CO)cc(Nc2c3ccc(NC)cc3nc3cc(NC)ccc23)c1. The first-order valence-electron chi connectivity index (χ1n) is 10.7. The molecular weight excluding hydrogens is 418 g/mol. The third kappa shape index (κ3) is 4.75. The van der Waals surface area contributed by atoms with E-state index in [2.05, 4.69) is 21.3 Å². The van der Waals surface area contributed by atoms with Crippen molar-refractivity contribution in [1.82, 2.24) is 4.98 Å². The van der Waals surface area contributed by atoms with Crippen LogP contribution in [0.4, 0.5) is 33.2 Å². The molecule has 170 valence electrons. The molecule has 0 fully saturated rings. The Bertz CT molecular complexity index is 1260. The van der Waals surface area contributed by atoms with Crippen molar-refractivity contribution in [2.45, 2.75) is 13.5 Å². The molecule has 0 atom stereocenters. The molecule has 8 nitrogen and oxygen atoms in total. The minimum atomic E-state index is -0.544. The number of aromatic nitrogens is 1. The topological polar surface area (TPSA) is 108 Å². The lowest BCUT2D eigenvalue weighted by Gasteiger charge is -2.16. The van der Waals surface area contributed by atoms with Gasteiger partial charge in [-0.25, -0.2) is 9.78 Å². The van der Waals surface area contributed by atoms with E-state index >= 15 is 0 Å². The Balaban J connectivity index is 1.85. The number of aliphatic hydroxyl groups excluding tert-OH is 1. The van der Waals surface area contributed by atoms with Crippen LogP contribution in [0.1, 0.15) is 12.5 Å². The third-order valence-electron chi connectivity index (χ3n) is 5.32. The highest BCUT2D eigenvalue weighted by Gasteiger charge is 2.13. The van der Waals surface area contributed by atoms with Crippen LogP contribution in [0.3, 0.4) is 0 Å². The van der Waals surface area contributed by atoms with E-state index in [1.54, 1.807) is 19.1 Å². The van der Waals surface area contributed by atoms with Gasteiger partial charge in [0.25, 0.3) is 0 Å². The van der Waals surface area contributed by atoms with Crippen LogP contribution in [0.25, 0.3) is 21.8 Å². The Kier molecular flexibility index (Phi) is 6.46. The number of carbonyl (C=O) groups excluding carboxylic acids is 1. The first-order valence-corrected chi connectivity index (χ1v) is 10.7. The maximum absolute atomic E-state index is 11.9. The number of nitrogens with one attached hydrogen (secondary N) is 4. The predicted molar refractivity (Wildman–Crippen MR) is 135 cm³/mol. The van der Waals surface area contributed by atoms with E-state index in [1.807, 2.05) is 56.6 Å². The molecule has 0 aliphatic carbocycles. The molecule has 1 aromatic heterocycles. The molecule has 0 saturated carbocycles. The zero-order valence-corrected chi connectivity index (χ0v) is 18.8. The molecule has 4 rings (SSSR count). The van der Waals surface area contributed by atoms with Gasteiger partial charge in [-0.3, -0.25) is 5.32 Å². The zero-order chi connectivity index (χ0) is 23.4. The van der Waals surface area contributed by atoms with Crippen molar-refractivity contribution in [2.24, 2.45) is 0 Å². The summed E-state index contributed by atoms with van der Waals surface area (Å²) in [6.45, 7) is 1.85. The van der Waals surface area contributed by atoms with Gasteiger partial charge >= 0.3 is 6.09 Å². The van der Waals surface area contributed by atoms with Crippen LogP contribution in [0.15, 0.2) is 54.6 Å². The van der Waals surface area contributed by atoms with E-state index in [4.69, 9.17) is 9.72 Å². The number of hydrogen-bond donors (Lipinski definition) is 5. The summed E-state index contributed by atoms with van der Waals surface area (Å²) in [7, 11) is 3.75. The van der Waals surface area contributed by atoms with Gasteiger partial charge in [0.05, 0.1) is 29.9 Å². The number of aliphatic hydroxyl groups is 1. The third-order valence-corrected chi connectivity index (χ3v) is 5.32. The molecule has 0 aliphatic heterocycles. The second kappa shape index (κ2) is 9.62. The van der Waals surface area contributed by atoms with Crippen molar-refractivity contribution in [3.05, 3.63) is 60.2 Å². The van der Waals surface area contributed by atoms with E-state index in [0.717, 1.165) is 44.6 Å². The second-order valence-electron chi connectivity index (χ2n) is 7.50. The largest absolute Gasteiger partial charge is 0.450 e. The molecule has 1 heterocycles. The minimum Gasteiger partial charge on any atom is -0.450 e. The lowest BCUT2D eigenvalue weighted by molar-refractivity contribution is 0.168. The summed E-state index contributed by atoms with van der Waals surface area (Å²) in [4.78, 5) is 16.8. The maximum Gasteiger partial charge on any atom is 0.411 e. The number of hydrogen-bond acceptors (Lipinski definition) is 7. The van der Waals surface area contributed by atoms with Gasteiger partial charge in [-0.2, -0.15) is 0 Å². The smallest absolute Gasteiger partial charge is 0.411 e. The molecule has 4 aromatic rings. The number of rotatable bonds is 7. The Morgan fingerprint density at radius 1 is 0.879 bits per heavy atom. The first kappa shape index (κ1) is 22.2. The molecular formula is C25H27N5O3. The van der Waals surface area contributed by atoms with Gasteiger partial charge in [-0.05, 0) is 67.1 Å². The molecule has 0 saturated heterocycles. The Morgan fingerprint density at radius 2 is 1.48 bits per heavy atom. The minimum absolute atomic E-state index is 0.165. The van der Waals surface area contributed by atoms with Crippen LogP contribution >= 0.6 is 0 Å². The summed E-state index contributed by atoms with van der Waals surface area (Å²) in [6.07, 6.45) is -0.544. The van der Waals surface area contributed by atoms with Crippen molar-refractivity contribution in [3.63, 3.8) is 0 Å². The van der Waals surface area contributed by atoms with Crippen LogP contribution in [0.2, 0.25) is 0 Å². The zero-order valence-electron chi connectivity index (χ0n) is 18.8. The van der Waals surface area contributed by atoms with E-state index in [9.17, 15) is 9.90 Å². The summed E-state index contributed by atoms with van der Waals surface area (Å²) in [5, 5.41) is 24.2. The summed E-state index contributed by atoms with van der Waals surface area (Å²) in [5.41, 5.74) is 6.41. The normalized spacial score (nSPS) is 10.8. The quantitative estimate of drug-likeness (QED) is 0.247. The lowest BCUT2D eigenvalue weighted by atomic mass is 10.1. The van der Waals surface area contributed by atoms with Gasteiger partial charge < -0.3 is 25.8 Å². The Hall–Kier alpha value is -4.04. The molecule has 5 N–H and O–H groups in total. The Morgan fingerprint density at radius 3 is 2.03 bits per heavy atom. The highest BCUT2D eigenvalue weighted by molar-refractivity contribution is 6.10. The molecule has 0 unspecified atom stereocenters. The number of pyridine rings is 1. The second-order valence-corrected chi connectivity index (χ2v) is 7.50. The van der Waals surface area contributed by atoms with Crippen molar-refractivity contribution in [2.75, 3.05) is 42.0 Å². The highest BCUT2D eigenvalue weighted by Crippen LogP contribution is 2.36. The van der Waals surface area contributed by atoms with Crippen LogP contribution < -0.4 is 21.3 Å². The van der Waals surface area contributed by atoms with Gasteiger partial charge in [0.15, 0.2) is 0 Å². The standard InChI is InChI=1S/C25H27N5O3/c1-4-33-25(32)29-19-10-15(14-31)9-18(11-19)28-24-20-7-5-16(26-2)12-22(20)30-23-13-17(27-3)6-8-21(23)24/h5-13,26-27,31H,4,14H2,1-3H3,(H,28,30)(H,29,32). The highest BCUT2D eigenvalue weighted by atomic mass is 16.5. The summed E-state index contributed by atoms with van der Waals surface area (Å²) >= 11 is 0. The van der Waals surface area contributed by atoms with Crippen molar-refractivity contribution in [1.29, 1.82) is 0 Å². The van der Waals surface area contributed by atoms with Crippen molar-refractivity contribution < 1.29 is 14.6 Å². The monoisotopic (exact) mass is 445 g/mol.